The largest absolute Gasteiger partial charge is 0.380 e. The summed E-state index contributed by atoms with van der Waals surface area (Å²) in [7, 11) is -7.26. The summed E-state index contributed by atoms with van der Waals surface area (Å²) in [6, 6.07) is -0.202. The molecule has 2 aromatic rings. The Bertz CT molecular complexity index is 1300. The molecule has 2 aliphatic rings. The number of amides is 3. The Morgan fingerprint density at radius 2 is 1.80 bits per heavy atom. The van der Waals surface area contributed by atoms with Gasteiger partial charge in [0.15, 0.2) is 0 Å². The third kappa shape index (κ3) is 5.71. The van der Waals surface area contributed by atoms with Crippen LogP contribution < -0.4 is 10.2 Å². The summed E-state index contributed by atoms with van der Waals surface area (Å²) in [5.74, 6) is -6.59. The Balaban J connectivity index is 1.88. The van der Waals surface area contributed by atoms with Crippen LogP contribution in [0.4, 0.5) is 29.5 Å². The lowest BCUT2D eigenvalue weighted by atomic mass is 10.0. The van der Waals surface area contributed by atoms with Crippen molar-refractivity contribution in [1.82, 2.24) is 25.1 Å². The number of anilines is 1. The van der Waals surface area contributed by atoms with Gasteiger partial charge in [-0.3, -0.25) is 29.3 Å². The lowest BCUT2D eigenvalue weighted by Crippen LogP contribution is -2.63. The molecule has 2 fully saturated rings. The van der Waals surface area contributed by atoms with E-state index in [1.54, 1.807) is 0 Å². The minimum atomic E-state index is -10.1. The van der Waals surface area contributed by atoms with Gasteiger partial charge in [0.1, 0.15) is 10.6 Å². The summed E-state index contributed by atoms with van der Waals surface area (Å²) >= 11 is 0. The second-order valence-corrected chi connectivity index (χ2v) is 11.9. The van der Waals surface area contributed by atoms with Crippen LogP contribution in [0.2, 0.25) is 0 Å². The predicted molar refractivity (Wildman–Crippen MR) is 132 cm³/mol. The number of methoxy groups -OCH3 is 1. The fourth-order valence-corrected chi connectivity index (χ4v) is 5.12. The minimum absolute atomic E-state index is 0.00706. The van der Waals surface area contributed by atoms with Crippen LogP contribution in [0.25, 0.3) is 0 Å². The number of likely N-dealkylation sites (N-methyl/N-ethyl adjacent to an activating group) is 1. The Hall–Kier alpha value is -3.44. The van der Waals surface area contributed by atoms with Crippen molar-refractivity contribution in [2.24, 2.45) is 0 Å². The third-order valence-electron chi connectivity index (χ3n) is 6.72. The maximum absolute atomic E-state index is 17.5. The number of hydrogen-bond donors (Lipinski definition) is 1. The van der Waals surface area contributed by atoms with E-state index in [1.165, 1.54) is 19.1 Å². The average molecular weight is 597 g/mol. The molecule has 10 nitrogen and oxygen atoms in total. The van der Waals surface area contributed by atoms with E-state index in [0.29, 0.717) is 12.1 Å². The number of ether oxygens (including phenoxy) is 1. The van der Waals surface area contributed by atoms with Crippen molar-refractivity contribution >= 4 is 33.6 Å². The fourth-order valence-electron chi connectivity index (χ4n) is 4.47. The molecule has 3 unspecified atom stereocenters. The Labute approximate surface area is 225 Å². The van der Waals surface area contributed by atoms with Gasteiger partial charge in [-0.05, 0) is 30.7 Å². The number of carbonyl (C=O) groups excluding carboxylic acids is 3. The molecule has 0 bridgehead atoms. The standard InChI is InChI=1S/C23H26F6N6O4S/c1-33-9-10-34(14-20(33)36)22(38)23(24,19-13-30-7-8-31-19)35(21(37)18-11-16(39-2)12-32-18)15-3-5-17(6-4-15)40(25,26,27,28)29/h3-8,13,16,18,32H,9-12,14H2,1-2H3. The van der Waals surface area contributed by atoms with E-state index in [-0.39, 0.29) is 43.1 Å². The molecule has 17 heteroatoms. The molecule has 2 aliphatic heterocycles. The zero-order valence-electron chi connectivity index (χ0n) is 21.3. The van der Waals surface area contributed by atoms with Gasteiger partial charge in [0.2, 0.25) is 11.8 Å². The zero-order chi connectivity index (χ0) is 29.6. The van der Waals surface area contributed by atoms with E-state index >= 15 is 4.39 Å². The number of aromatic nitrogens is 2. The van der Waals surface area contributed by atoms with Crippen molar-refractivity contribution in [3.8, 4) is 0 Å². The van der Waals surface area contributed by atoms with Gasteiger partial charge in [-0.1, -0.05) is 19.4 Å². The number of carbonyl (C=O) groups is 3. The van der Waals surface area contributed by atoms with Gasteiger partial charge >= 0.3 is 16.0 Å². The number of piperazine rings is 1. The molecule has 3 atom stereocenters. The lowest BCUT2D eigenvalue weighted by Gasteiger charge is -2.42. The first kappa shape index (κ1) is 29.5. The van der Waals surface area contributed by atoms with Gasteiger partial charge < -0.3 is 19.9 Å². The number of nitrogens with zero attached hydrogens (tertiary/aromatic N) is 5. The topological polar surface area (TPSA) is 108 Å². The van der Waals surface area contributed by atoms with E-state index in [4.69, 9.17) is 4.74 Å². The highest BCUT2D eigenvalue weighted by Gasteiger charge is 2.65. The Morgan fingerprint density at radius 3 is 2.33 bits per heavy atom. The molecule has 3 heterocycles. The molecule has 0 spiro atoms. The molecular formula is C23H26F6N6O4S. The minimum Gasteiger partial charge on any atom is -0.380 e. The van der Waals surface area contributed by atoms with Crippen LogP contribution in [0.5, 0.6) is 0 Å². The normalized spacial score (nSPS) is 23.2. The van der Waals surface area contributed by atoms with Crippen molar-refractivity contribution < 1.29 is 42.9 Å². The molecule has 1 aromatic carbocycles. The van der Waals surface area contributed by atoms with E-state index in [1.807, 2.05) is 0 Å². The summed E-state index contributed by atoms with van der Waals surface area (Å²) in [6.07, 6.45) is 2.56. The number of benzene rings is 1. The second kappa shape index (κ2) is 9.59. The molecule has 0 aliphatic carbocycles. The predicted octanol–water partition coefficient (Wildman–Crippen LogP) is 2.97. The van der Waals surface area contributed by atoms with Gasteiger partial charge in [0.05, 0.1) is 24.9 Å². The maximum Gasteiger partial charge on any atom is 0.312 e. The van der Waals surface area contributed by atoms with Crippen LogP contribution in [0.1, 0.15) is 12.1 Å². The lowest BCUT2D eigenvalue weighted by molar-refractivity contribution is -0.154. The van der Waals surface area contributed by atoms with E-state index in [2.05, 4.69) is 15.3 Å². The summed E-state index contributed by atoms with van der Waals surface area (Å²) in [6.45, 7) is -0.492. The molecule has 40 heavy (non-hydrogen) atoms. The van der Waals surface area contributed by atoms with Gasteiger partial charge in [-0.2, -0.15) is 0 Å². The quantitative estimate of drug-likeness (QED) is 0.387. The smallest absolute Gasteiger partial charge is 0.312 e. The molecule has 1 N–H and O–H groups in total. The Morgan fingerprint density at radius 1 is 1.12 bits per heavy atom. The highest BCUT2D eigenvalue weighted by molar-refractivity contribution is 8.45. The fraction of sp³-hybridized carbons (Fsp3) is 0.435. The highest BCUT2D eigenvalue weighted by atomic mass is 32.5. The number of hydrogen-bond acceptors (Lipinski definition) is 7. The van der Waals surface area contributed by atoms with E-state index in [0.717, 1.165) is 23.5 Å². The highest BCUT2D eigenvalue weighted by Crippen LogP contribution is 3.02. The summed E-state index contributed by atoms with van der Waals surface area (Å²) in [5.41, 5.74) is -1.35. The van der Waals surface area contributed by atoms with Gasteiger partial charge in [0.25, 0.3) is 5.91 Å². The molecule has 1 aromatic heterocycles. The van der Waals surface area contributed by atoms with Gasteiger partial charge in [0, 0.05) is 51.9 Å². The van der Waals surface area contributed by atoms with Crippen molar-refractivity contribution in [3.05, 3.63) is 48.5 Å². The second-order valence-electron chi connectivity index (χ2n) is 9.45. The molecule has 220 valence electrons. The molecule has 3 amide bonds. The molecule has 2 saturated heterocycles. The van der Waals surface area contributed by atoms with Crippen molar-refractivity contribution in [2.45, 2.75) is 29.3 Å². The van der Waals surface area contributed by atoms with E-state index < -0.39 is 68.7 Å². The summed E-state index contributed by atoms with van der Waals surface area (Å²) in [4.78, 5) is 47.8. The molecule has 4 rings (SSSR count). The maximum atomic E-state index is 17.5. The van der Waals surface area contributed by atoms with Crippen LogP contribution in [0.15, 0.2) is 47.8 Å². The van der Waals surface area contributed by atoms with Crippen LogP contribution in [-0.4, -0.2) is 90.0 Å². The molecule has 0 saturated carbocycles. The van der Waals surface area contributed by atoms with Crippen LogP contribution in [0.3, 0.4) is 0 Å². The first-order chi connectivity index (χ1) is 18.4. The zero-order valence-corrected chi connectivity index (χ0v) is 22.1. The molecular weight excluding hydrogens is 570 g/mol. The van der Waals surface area contributed by atoms with Crippen LogP contribution in [0, 0.1) is 0 Å². The number of alkyl halides is 1. The van der Waals surface area contributed by atoms with E-state index in [9.17, 15) is 33.8 Å². The first-order valence-electron chi connectivity index (χ1n) is 11.9. The van der Waals surface area contributed by atoms with Gasteiger partial charge in [-0.15, -0.1) is 0 Å². The van der Waals surface area contributed by atoms with Crippen LogP contribution >= 0.6 is 10.2 Å². The van der Waals surface area contributed by atoms with Crippen molar-refractivity contribution in [2.75, 3.05) is 45.2 Å². The van der Waals surface area contributed by atoms with Crippen molar-refractivity contribution in [3.63, 3.8) is 0 Å². The number of rotatable bonds is 7. The van der Waals surface area contributed by atoms with Gasteiger partial charge in [-0.25, -0.2) is 4.39 Å². The SMILES string of the molecule is COC1CNC(C(=O)N(c2ccc(S(F)(F)(F)(F)F)cc2)C(F)(C(=O)N2CCN(C)C(=O)C2)c2cnccn2)C1. The Kier molecular flexibility index (Phi) is 7.08. The first-order valence-corrected chi connectivity index (χ1v) is 13.8. The van der Waals surface area contributed by atoms with Crippen molar-refractivity contribution in [1.29, 1.82) is 0 Å². The monoisotopic (exact) mass is 596 g/mol. The molecule has 0 radical (unpaired) electrons. The number of nitrogens with one attached hydrogen (secondary N) is 1. The third-order valence-corrected chi connectivity index (χ3v) is 7.88. The summed E-state index contributed by atoms with van der Waals surface area (Å²) in [5, 5.41) is 2.81. The average Bonchev–Trinajstić information content (AvgIpc) is 3.39. The summed E-state index contributed by atoms with van der Waals surface area (Å²) < 4.78 is 89.8. The number of halogens is 6. The van der Waals surface area contributed by atoms with Crippen LogP contribution in [-0.2, 0) is 24.9 Å².